The number of amides is 1. The molecule has 0 aliphatic heterocycles. The smallest absolute Gasteiger partial charge is 0.411 e. The third-order valence-electron chi connectivity index (χ3n) is 3.91. The van der Waals surface area contributed by atoms with Gasteiger partial charge in [0, 0.05) is 38.5 Å². The number of hydrogen-bond donors (Lipinski definition) is 1. The van der Waals surface area contributed by atoms with E-state index in [0.717, 1.165) is 11.4 Å². The maximum Gasteiger partial charge on any atom is 0.411 e. The summed E-state index contributed by atoms with van der Waals surface area (Å²) in [6.45, 7) is 0.0702. The molecule has 0 atom stereocenters. The molecule has 2 aromatic carbocycles. The van der Waals surface area contributed by atoms with E-state index in [-0.39, 0.29) is 12.4 Å². The van der Waals surface area contributed by atoms with Gasteiger partial charge in [0.25, 0.3) is 0 Å². The predicted molar refractivity (Wildman–Crippen MR) is 105 cm³/mol. The van der Waals surface area contributed by atoms with Crippen LogP contribution in [0, 0.1) is 11.9 Å². The number of ether oxygens (including phenoxy) is 1. The van der Waals surface area contributed by atoms with Gasteiger partial charge in [-0.1, -0.05) is 24.3 Å². The second-order valence-corrected chi connectivity index (χ2v) is 6.35. The molecule has 0 aliphatic carbocycles. The van der Waals surface area contributed by atoms with E-state index in [9.17, 15) is 9.18 Å². The zero-order valence-corrected chi connectivity index (χ0v) is 15.6. The summed E-state index contributed by atoms with van der Waals surface area (Å²) < 4.78 is 18.0. The van der Waals surface area contributed by atoms with Crippen LogP contribution in [0.4, 0.5) is 20.7 Å². The van der Waals surface area contributed by atoms with Crippen molar-refractivity contribution >= 4 is 17.6 Å². The van der Waals surface area contributed by atoms with Crippen molar-refractivity contribution in [3.05, 3.63) is 83.6 Å². The molecule has 1 amide bonds. The number of nitrogens with one attached hydrogen (secondary N) is 1. The molecule has 28 heavy (non-hydrogen) atoms. The normalized spacial score (nSPS) is 10.4. The zero-order valence-electron chi connectivity index (χ0n) is 15.6. The fourth-order valence-electron chi connectivity index (χ4n) is 2.43. The molecule has 0 aliphatic rings. The van der Waals surface area contributed by atoms with Crippen LogP contribution in [0.3, 0.4) is 0 Å². The lowest BCUT2D eigenvalue weighted by Gasteiger charge is -2.11. The minimum absolute atomic E-state index is 0.0702. The van der Waals surface area contributed by atoms with Crippen LogP contribution >= 0.6 is 0 Å². The Balaban J connectivity index is 1.53. The van der Waals surface area contributed by atoms with Crippen LogP contribution in [0.15, 0.2) is 54.7 Å². The fraction of sp³-hybridized carbons (Fsp3) is 0.190. The number of nitrogens with zero attached hydrogens (tertiary/aromatic N) is 3. The van der Waals surface area contributed by atoms with E-state index in [1.54, 1.807) is 30.5 Å². The molecule has 1 heterocycles. The summed E-state index contributed by atoms with van der Waals surface area (Å²) in [6.07, 6.45) is 1.62. The standard InChI is InChI=1S/C21H20FN4O2/c1-26(2)20-11-12-23-19(25-20)13-15-5-9-18(10-6-15)24-21(27)28-14-16-3-7-17(22)8-4-16/h3-10,12H,13-14H2,1-2H3,(H,24,27). The molecule has 3 aromatic rings. The summed E-state index contributed by atoms with van der Waals surface area (Å²) in [5, 5.41) is 2.66. The first kappa shape index (κ1) is 19.3. The highest BCUT2D eigenvalue weighted by molar-refractivity contribution is 5.84. The number of hydrogen-bond acceptors (Lipinski definition) is 5. The van der Waals surface area contributed by atoms with Crippen LogP contribution in [0.2, 0.25) is 0 Å². The summed E-state index contributed by atoms with van der Waals surface area (Å²) in [7, 11) is 3.80. The Kier molecular flexibility index (Phi) is 6.16. The van der Waals surface area contributed by atoms with Gasteiger partial charge in [0.1, 0.15) is 24.1 Å². The number of benzene rings is 2. The third kappa shape index (κ3) is 5.51. The SMILES string of the molecule is CN(C)c1[c]cnc(Cc2ccc(NC(=O)OCc3ccc(F)cc3)cc2)n1. The lowest BCUT2D eigenvalue weighted by Crippen LogP contribution is -2.13. The van der Waals surface area contributed by atoms with Crippen LogP contribution in [-0.4, -0.2) is 30.2 Å². The number of halogens is 1. The molecule has 0 spiro atoms. The van der Waals surface area contributed by atoms with Crippen molar-refractivity contribution < 1.29 is 13.9 Å². The average Bonchev–Trinajstić information content (AvgIpc) is 2.69. The molecule has 0 saturated heterocycles. The van der Waals surface area contributed by atoms with Crippen molar-refractivity contribution in [3.63, 3.8) is 0 Å². The molecule has 0 fully saturated rings. The molecule has 1 aromatic heterocycles. The Labute approximate surface area is 163 Å². The number of aromatic nitrogens is 2. The van der Waals surface area contributed by atoms with E-state index in [4.69, 9.17) is 4.74 Å². The van der Waals surface area contributed by atoms with Gasteiger partial charge in [0.15, 0.2) is 0 Å². The van der Waals surface area contributed by atoms with Gasteiger partial charge in [-0.2, -0.15) is 0 Å². The number of carbonyl (C=O) groups is 1. The van der Waals surface area contributed by atoms with Gasteiger partial charge >= 0.3 is 6.09 Å². The van der Waals surface area contributed by atoms with Gasteiger partial charge in [-0.25, -0.2) is 19.2 Å². The molecule has 0 bridgehead atoms. The minimum Gasteiger partial charge on any atom is -0.444 e. The highest BCUT2D eigenvalue weighted by Crippen LogP contribution is 2.14. The second kappa shape index (κ2) is 8.94. The largest absolute Gasteiger partial charge is 0.444 e. The van der Waals surface area contributed by atoms with Crippen molar-refractivity contribution in [2.24, 2.45) is 0 Å². The maximum atomic E-state index is 12.9. The van der Waals surface area contributed by atoms with E-state index in [1.165, 1.54) is 12.1 Å². The number of anilines is 2. The molecule has 143 valence electrons. The molecule has 6 nitrogen and oxygen atoms in total. The Morgan fingerprint density at radius 1 is 1.11 bits per heavy atom. The molecule has 0 unspecified atom stereocenters. The lowest BCUT2D eigenvalue weighted by molar-refractivity contribution is 0.155. The Morgan fingerprint density at radius 2 is 1.79 bits per heavy atom. The molecular formula is C21H20FN4O2. The molecule has 3 rings (SSSR count). The van der Waals surface area contributed by atoms with E-state index in [0.29, 0.717) is 23.5 Å². The fourth-order valence-corrected chi connectivity index (χ4v) is 2.43. The summed E-state index contributed by atoms with van der Waals surface area (Å²) in [5.74, 6) is 1.10. The summed E-state index contributed by atoms with van der Waals surface area (Å²) in [6, 6.07) is 16.1. The topological polar surface area (TPSA) is 67.4 Å². The van der Waals surface area contributed by atoms with E-state index in [1.807, 2.05) is 31.1 Å². The van der Waals surface area contributed by atoms with Crippen LogP contribution in [0.25, 0.3) is 0 Å². The van der Waals surface area contributed by atoms with E-state index >= 15 is 0 Å². The van der Waals surface area contributed by atoms with Crippen LogP contribution in [-0.2, 0) is 17.8 Å². The van der Waals surface area contributed by atoms with Crippen LogP contribution in [0.5, 0.6) is 0 Å². The average molecular weight is 379 g/mol. The maximum absolute atomic E-state index is 12.9. The molecule has 0 saturated carbocycles. The molecule has 7 heteroatoms. The minimum atomic E-state index is -0.574. The van der Waals surface area contributed by atoms with Crippen molar-refractivity contribution in [1.82, 2.24) is 9.97 Å². The molecular weight excluding hydrogens is 359 g/mol. The van der Waals surface area contributed by atoms with E-state index in [2.05, 4.69) is 21.4 Å². The lowest BCUT2D eigenvalue weighted by atomic mass is 10.1. The Morgan fingerprint density at radius 3 is 2.46 bits per heavy atom. The summed E-state index contributed by atoms with van der Waals surface area (Å²) >= 11 is 0. The molecule has 1 radical (unpaired) electrons. The first-order valence-electron chi connectivity index (χ1n) is 8.68. The Bertz CT molecular complexity index is 928. The second-order valence-electron chi connectivity index (χ2n) is 6.35. The van der Waals surface area contributed by atoms with Crippen LogP contribution < -0.4 is 10.2 Å². The highest BCUT2D eigenvalue weighted by atomic mass is 19.1. The predicted octanol–water partition coefficient (Wildman–Crippen LogP) is 3.82. The van der Waals surface area contributed by atoms with Crippen molar-refractivity contribution in [1.29, 1.82) is 0 Å². The van der Waals surface area contributed by atoms with Crippen molar-refractivity contribution in [2.45, 2.75) is 13.0 Å². The van der Waals surface area contributed by atoms with E-state index < -0.39 is 6.09 Å². The summed E-state index contributed by atoms with van der Waals surface area (Å²) in [5.41, 5.74) is 2.34. The molecule has 1 N–H and O–H groups in total. The van der Waals surface area contributed by atoms with Gasteiger partial charge in [-0.3, -0.25) is 5.32 Å². The number of rotatable bonds is 6. The van der Waals surface area contributed by atoms with Crippen molar-refractivity contribution in [3.8, 4) is 0 Å². The van der Waals surface area contributed by atoms with Gasteiger partial charge in [-0.05, 0) is 35.4 Å². The van der Waals surface area contributed by atoms with Gasteiger partial charge in [0.05, 0.1) is 0 Å². The summed E-state index contributed by atoms with van der Waals surface area (Å²) in [4.78, 5) is 22.4. The first-order valence-corrected chi connectivity index (χ1v) is 8.68. The number of carbonyl (C=O) groups excluding carboxylic acids is 1. The first-order chi connectivity index (χ1) is 13.5. The monoisotopic (exact) mass is 379 g/mol. The highest BCUT2D eigenvalue weighted by Gasteiger charge is 2.06. The van der Waals surface area contributed by atoms with Crippen LogP contribution in [0.1, 0.15) is 17.0 Å². The zero-order chi connectivity index (χ0) is 19.9. The van der Waals surface area contributed by atoms with Gasteiger partial charge in [-0.15, -0.1) is 0 Å². The van der Waals surface area contributed by atoms with Gasteiger partial charge in [0.2, 0.25) is 0 Å². The quantitative estimate of drug-likeness (QED) is 0.705. The third-order valence-corrected chi connectivity index (χ3v) is 3.91. The van der Waals surface area contributed by atoms with Gasteiger partial charge < -0.3 is 9.64 Å². The Hall–Kier alpha value is -3.48. The van der Waals surface area contributed by atoms with Crippen molar-refractivity contribution in [2.75, 3.05) is 24.3 Å².